The van der Waals surface area contributed by atoms with Crippen molar-refractivity contribution in [2.45, 2.75) is 57.3 Å². The second-order valence-corrected chi connectivity index (χ2v) is 10.4. The van der Waals surface area contributed by atoms with E-state index in [1.807, 2.05) is 24.3 Å². The van der Waals surface area contributed by atoms with Crippen LogP contribution in [0.4, 0.5) is 0 Å². The van der Waals surface area contributed by atoms with Crippen molar-refractivity contribution in [3.05, 3.63) is 72.5 Å². The number of fused-ring (bicyclic) bond motifs is 1. The molecule has 4 rings (SSSR count). The predicted molar refractivity (Wildman–Crippen MR) is 153 cm³/mol. The molecule has 1 aromatic carbocycles. The average Bonchev–Trinajstić information content (AvgIpc) is 3.74. The highest BCUT2D eigenvalue weighted by molar-refractivity contribution is 5.94. The number of hydrogen-bond donors (Lipinski definition) is 8. The summed E-state index contributed by atoms with van der Waals surface area (Å²) in [5.41, 5.74) is 9.09. The number of rotatable bonds is 14. The minimum absolute atomic E-state index is 0.00676. The maximum atomic E-state index is 13.4. The molecule has 222 valence electrons. The highest BCUT2D eigenvalue weighted by Crippen LogP contribution is 2.19. The van der Waals surface area contributed by atoms with Gasteiger partial charge in [-0.05, 0) is 24.0 Å². The fraction of sp³-hybridized carbons (Fsp3) is 0.357. The Hall–Kier alpha value is -4.98. The van der Waals surface area contributed by atoms with E-state index in [-0.39, 0.29) is 25.2 Å². The molecular formula is C28H35N9O5. The molecule has 3 heterocycles. The molecule has 42 heavy (non-hydrogen) atoms. The second kappa shape index (κ2) is 13.6. The number of imidazole rings is 2. The number of carbonyl (C=O) groups excluding carboxylic acids is 3. The van der Waals surface area contributed by atoms with Crippen molar-refractivity contribution in [1.29, 1.82) is 0 Å². The minimum atomic E-state index is -1.28. The summed E-state index contributed by atoms with van der Waals surface area (Å²) in [6.45, 7) is 3.51. The fourth-order valence-corrected chi connectivity index (χ4v) is 4.60. The molecule has 4 aromatic rings. The first-order valence-corrected chi connectivity index (χ1v) is 13.5. The van der Waals surface area contributed by atoms with Crippen LogP contribution in [0, 0.1) is 5.92 Å². The van der Waals surface area contributed by atoms with Gasteiger partial charge in [0.15, 0.2) is 0 Å². The summed E-state index contributed by atoms with van der Waals surface area (Å²) in [5, 5.41) is 18.5. The average molecular weight is 578 g/mol. The zero-order chi connectivity index (χ0) is 30.2. The lowest BCUT2D eigenvalue weighted by Gasteiger charge is -2.27. The van der Waals surface area contributed by atoms with Crippen molar-refractivity contribution in [1.82, 2.24) is 40.9 Å². The third kappa shape index (κ3) is 7.60. The summed E-state index contributed by atoms with van der Waals surface area (Å²) < 4.78 is 0. The number of hydrogen-bond acceptors (Lipinski definition) is 7. The molecule has 0 aliphatic carbocycles. The van der Waals surface area contributed by atoms with Crippen LogP contribution in [0.5, 0.6) is 0 Å². The molecule has 0 aliphatic heterocycles. The molecule has 3 amide bonds. The summed E-state index contributed by atoms with van der Waals surface area (Å²) in [5.74, 6) is -3.44. The van der Waals surface area contributed by atoms with E-state index in [2.05, 4.69) is 40.9 Å². The van der Waals surface area contributed by atoms with E-state index in [1.165, 1.54) is 25.0 Å². The number of nitrogens with two attached hydrogens (primary N) is 1. The van der Waals surface area contributed by atoms with Crippen LogP contribution in [-0.4, -0.2) is 77.9 Å². The van der Waals surface area contributed by atoms with Crippen LogP contribution >= 0.6 is 0 Å². The lowest BCUT2D eigenvalue weighted by Crippen LogP contribution is -2.59. The van der Waals surface area contributed by atoms with Gasteiger partial charge < -0.3 is 41.7 Å². The number of nitrogens with one attached hydrogen (secondary N) is 6. The topological polar surface area (TPSA) is 224 Å². The Kier molecular flexibility index (Phi) is 9.70. The molecule has 0 fully saturated rings. The van der Waals surface area contributed by atoms with Crippen LogP contribution in [0.3, 0.4) is 0 Å². The largest absolute Gasteiger partial charge is 0.480 e. The third-order valence-corrected chi connectivity index (χ3v) is 6.90. The van der Waals surface area contributed by atoms with Gasteiger partial charge in [0.25, 0.3) is 0 Å². The molecule has 9 N–H and O–H groups in total. The monoisotopic (exact) mass is 577 g/mol. The number of aromatic amines is 3. The number of aliphatic carboxylic acids is 1. The van der Waals surface area contributed by atoms with Gasteiger partial charge in [0.05, 0.1) is 18.7 Å². The maximum Gasteiger partial charge on any atom is 0.326 e. The molecular weight excluding hydrogens is 542 g/mol. The van der Waals surface area contributed by atoms with Crippen molar-refractivity contribution in [2.24, 2.45) is 11.7 Å². The Morgan fingerprint density at radius 3 is 2.05 bits per heavy atom. The van der Waals surface area contributed by atoms with E-state index in [0.29, 0.717) is 11.4 Å². The molecule has 0 spiro atoms. The van der Waals surface area contributed by atoms with Crippen LogP contribution in [0.25, 0.3) is 10.9 Å². The van der Waals surface area contributed by atoms with E-state index < -0.39 is 47.9 Å². The molecule has 4 unspecified atom stereocenters. The summed E-state index contributed by atoms with van der Waals surface area (Å²) in [4.78, 5) is 68.4. The molecule has 0 bridgehead atoms. The second-order valence-electron chi connectivity index (χ2n) is 10.4. The Morgan fingerprint density at radius 2 is 1.45 bits per heavy atom. The van der Waals surface area contributed by atoms with Gasteiger partial charge in [0.1, 0.15) is 18.1 Å². The van der Waals surface area contributed by atoms with Gasteiger partial charge in [0, 0.05) is 53.7 Å². The third-order valence-electron chi connectivity index (χ3n) is 6.90. The highest BCUT2D eigenvalue weighted by atomic mass is 16.4. The SMILES string of the molecule is CC(C)C(NC(=O)C(N)Cc1c[nH]c2ccccc12)C(=O)NC(Cc1cnc[nH]1)C(=O)NC(Cc1cnc[nH]1)C(=O)O. The zero-order valence-electron chi connectivity index (χ0n) is 23.3. The highest BCUT2D eigenvalue weighted by Gasteiger charge is 2.32. The molecule has 4 atom stereocenters. The molecule has 14 nitrogen and oxygen atoms in total. The molecule has 0 saturated carbocycles. The van der Waals surface area contributed by atoms with E-state index in [9.17, 15) is 24.3 Å². The first-order chi connectivity index (χ1) is 20.1. The van der Waals surface area contributed by atoms with Gasteiger partial charge in [-0.25, -0.2) is 14.8 Å². The lowest BCUT2D eigenvalue weighted by atomic mass is 10.00. The normalized spacial score (nSPS) is 14.2. The number of para-hydroxylation sites is 1. The number of amides is 3. The zero-order valence-corrected chi connectivity index (χ0v) is 23.3. The number of carbonyl (C=O) groups is 4. The number of benzene rings is 1. The summed E-state index contributed by atoms with van der Waals surface area (Å²) in [6, 6.07) is 3.28. The number of carboxylic acid groups (broad SMARTS) is 1. The Bertz CT molecular complexity index is 1500. The smallest absolute Gasteiger partial charge is 0.326 e. The molecule has 3 aromatic heterocycles. The Morgan fingerprint density at radius 1 is 0.833 bits per heavy atom. The van der Waals surface area contributed by atoms with E-state index in [4.69, 9.17) is 5.73 Å². The van der Waals surface area contributed by atoms with Crippen molar-refractivity contribution >= 4 is 34.6 Å². The van der Waals surface area contributed by atoms with Gasteiger partial charge in [-0.2, -0.15) is 0 Å². The van der Waals surface area contributed by atoms with E-state index in [1.54, 1.807) is 20.0 Å². The lowest BCUT2D eigenvalue weighted by molar-refractivity contribution is -0.142. The minimum Gasteiger partial charge on any atom is -0.480 e. The van der Waals surface area contributed by atoms with Gasteiger partial charge in [0.2, 0.25) is 17.7 Å². The number of aromatic nitrogens is 5. The van der Waals surface area contributed by atoms with Crippen LogP contribution in [0.1, 0.15) is 30.8 Å². The van der Waals surface area contributed by atoms with Crippen LogP contribution in [0.2, 0.25) is 0 Å². The van der Waals surface area contributed by atoms with Crippen LogP contribution in [0.15, 0.2) is 55.5 Å². The summed E-state index contributed by atoms with van der Waals surface area (Å²) in [7, 11) is 0. The van der Waals surface area contributed by atoms with Crippen molar-refractivity contribution in [3.63, 3.8) is 0 Å². The predicted octanol–water partition coefficient (Wildman–Crippen LogP) is 0.164. The first-order valence-electron chi connectivity index (χ1n) is 13.5. The molecule has 0 radical (unpaired) electrons. The quantitative estimate of drug-likeness (QED) is 0.103. The number of carboxylic acids is 1. The van der Waals surface area contributed by atoms with Crippen molar-refractivity contribution in [2.75, 3.05) is 0 Å². The van der Waals surface area contributed by atoms with Crippen molar-refractivity contribution in [3.8, 4) is 0 Å². The number of H-pyrrole nitrogens is 3. The Labute approximate surface area is 241 Å². The van der Waals surface area contributed by atoms with E-state index >= 15 is 0 Å². The van der Waals surface area contributed by atoms with Gasteiger partial charge >= 0.3 is 5.97 Å². The first kappa shape index (κ1) is 30.0. The van der Waals surface area contributed by atoms with Crippen LogP contribution in [-0.2, 0) is 38.4 Å². The van der Waals surface area contributed by atoms with E-state index in [0.717, 1.165) is 16.5 Å². The molecule has 0 saturated heterocycles. The van der Waals surface area contributed by atoms with Crippen LogP contribution < -0.4 is 21.7 Å². The molecule has 0 aliphatic rings. The van der Waals surface area contributed by atoms with Gasteiger partial charge in [-0.1, -0.05) is 32.0 Å². The molecule has 14 heteroatoms. The van der Waals surface area contributed by atoms with Gasteiger partial charge in [-0.15, -0.1) is 0 Å². The van der Waals surface area contributed by atoms with Crippen molar-refractivity contribution < 1.29 is 24.3 Å². The summed E-state index contributed by atoms with van der Waals surface area (Å²) in [6.07, 6.45) is 7.82. The maximum absolute atomic E-state index is 13.4. The standard InChI is InChI=1S/C28H35N9O5/c1-15(2)24(37-25(38)20(29)7-16-10-32-21-6-4-3-5-19(16)21)27(40)35-22(8-17-11-30-13-33-17)26(39)36-23(28(41)42)9-18-12-31-14-34-18/h3-6,10-15,20,22-24,32H,7-9,29H2,1-2H3,(H,30,33)(H,31,34)(H,35,40)(H,36,39)(H,37,38)(H,41,42). The number of nitrogens with zero attached hydrogens (tertiary/aromatic N) is 2. The summed E-state index contributed by atoms with van der Waals surface area (Å²) >= 11 is 0. The Balaban J connectivity index is 1.44. The fourth-order valence-electron chi connectivity index (χ4n) is 4.60. The van der Waals surface area contributed by atoms with Gasteiger partial charge in [-0.3, -0.25) is 14.4 Å².